The van der Waals surface area contributed by atoms with E-state index in [-0.39, 0.29) is 23.2 Å². The van der Waals surface area contributed by atoms with Gasteiger partial charge in [0.25, 0.3) is 11.8 Å². The number of halogens is 2. The Hall–Kier alpha value is -3.81. The van der Waals surface area contributed by atoms with Gasteiger partial charge in [0.2, 0.25) is 0 Å². The number of hydrogen-bond acceptors (Lipinski definition) is 4. The Morgan fingerprint density at radius 1 is 1.00 bits per heavy atom. The molecule has 9 heteroatoms. The molecule has 1 fully saturated rings. The molecule has 3 aromatic rings. The number of nitrogens with one attached hydrogen (secondary N) is 2. The molecule has 4 amide bonds. The summed E-state index contributed by atoms with van der Waals surface area (Å²) in [4.78, 5) is 38.1. The van der Waals surface area contributed by atoms with Crippen molar-refractivity contribution in [2.45, 2.75) is 0 Å². The van der Waals surface area contributed by atoms with Crippen LogP contribution in [0.25, 0.3) is 6.08 Å². The minimum atomic E-state index is -0.580. The molecule has 7 nitrogen and oxygen atoms in total. The Labute approximate surface area is 199 Å². The Balaban J connectivity index is 1.43. The van der Waals surface area contributed by atoms with E-state index in [4.69, 9.17) is 27.9 Å². The number of hydrogen-bond donors (Lipinski definition) is 2. The Kier molecular flexibility index (Phi) is 6.63. The molecule has 0 unspecified atom stereocenters. The lowest BCUT2D eigenvalue weighted by Gasteiger charge is -2.11. The van der Waals surface area contributed by atoms with E-state index < -0.39 is 11.9 Å². The summed E-state index contributed by atoms with van der Waals surface area (Å²) >= 11 is 12.2. The normalized spacial score (nSPS) is 14.4. The van der Waals surface area contributed by atoms with Crippen molar-refractivity contribution in [3.05, 3.63) is 94.1 Å². The summed E-state index contributed by atoms with van der Waals surface area (Å²) in [5, 5.41) is 5.92. The minimum Gasteiger partial charge on any atom is -0.482 e. The second kappa shape index (κ2) is 9.77. The number of nitrogens with zero attached hydrogens (tertiary/aromatic N) is 1. The van der Waals surface area contributed by atoms with Gasteiger partial charge in [0.05, 0.1) is 10.7 Å². The molecule has 1 saturated heterocycles. The van der Waals surface area contributed by atoms with Crippen LogP contribution >= 0.6 is 23.2 Å². The summed E-state index contributed by atoms with van der Waals surface area (Å²) in [6, 6.07) is 19.7. The average Bonchev–Trinajstić information content (AvgIpc) is 3.06. The highest BCUT2D eigenvalue weighted by Gasteiger charge is 2.34. The van der Waals surface area contributed by atoms with Crippen LogP contribution in [0.1, 0.15) is 5.56 Å². The van der Waals surface area contributed by atoms with Gasteiger partial charge in [0, 0.05) is 10.7 Å². The second-order valence-electron chi connectivity index (χ2n) is 7.00. The number of amides is 4. The molecule has 3 aromatic carbocycles. The number of carbonyl (C=O) groups excluding carboxylic acids is 3. The van der Waals surface area contributed by atoms with Crippen molar-refractivity contribution in [1.29, 1.82) is 0 Å². The van der Waals surface area contributed by atoms with Crippen molar-refractivity contribution in [3.63, 3.8) is 0 Å². The first-order valence-corrected chi connectivity index (χ1v) is 10.6. The van der Waals surface area contributed by atoms with Gasteiger partial charge in [0.1, 0.15) is 11.4 Å². The Morgan fingerprint density at radius 3 is 2.52 bits per heavy atom. The van der Waals surface area contributed by atoms with E-state index in [1.165, 1.54) is 12.1 Å². The van der Waals surface area contributed by atoms with Crippen LogP contribution in [0.2, 0.25) is 10.0 Å². The van der Waals surface area contributed by atoms with E-state index in [1.54, 1.807) is 48.5 Å². The lowest BCUT2D eigenvalue weighted by Crippen LogP contribution is -2.30. The molecule has 1 heterocycles. The molecule has 0 aromatic heterocycles. The van der Waals surface area contributed by atoms with Gasteiger partial charge >= 0.3 is 6.03 Å². The van der Waals surface area contributed by atoms with E-state index in [1.807, 2.05) is 18.2 Å². The number of anilines is 2. The zero-order chi connectivity index (χ0) is 23.4. The van der Waals surface area contributed by atoms with E-state index in [0.717, 1.165) is 4.90 Å². The maximum Gasteiger partial charge on any atom is 0.333 e. The van der Waals surface area contributed by atoms with Crippen molar-refractivity contribution < 1.29 is 19.1 Å². The fraction of sp³-hybridized carbons (Fsp3) is 0.0417. The predicted molar refractivity (Wildman–Crippen MR) is 127 cm³/mol. The highest BCUT2D eigenvalue weighted by Crippen LogP contribution is 2.28. The first-order chi connectivity index (χ1) is 15.9. The van der Waals surface area contributed by atoms with Crippen LogP contribution in [0.3, 0.4) is 0 Å². The molecular weight excluding hydrogens is 465 g/mol. The average molecular weight is 482 g/mol. The summed E-state index contributed by atoms with van der Waals surface area (Å²) in [6.07, 6.45) is 1.50. The van der Waals surface area contributed by atoms with E-state index in [0.29, 0.717) is 27.7 Å². The van der Waals surface area contributed by atoms with Crippen molar-refractivity contribution in [1.82, 2.24) is 5.32 Å². The molecule has 0 saturated carbocycles. The smallest absolute Gasteiger partial charge is 0.333 e. The first kappa shape index (κ1) is 22.4. The predicted octanol–water partition coefficient (Wildman–Crippen LogP) is 5.11. The Bertz CT molecular complexity index is 1260. The number of ether oxygens (including phenoxy) is 1. The maximum absolute atomic E-state index is 12.7. The van der Waals surface area contributed by atoms with Crippen LogP contribution in [0.15, 0.2) is 78.5 Å². The molecule has 2 N–H and O–H groups in total. The Morgan fingerprint density at radius 2 is 1.79 bits per heavy atom. The first-order valence-electron chi connectivity index (χ1n) is 9.80. The zero-order valence-corrected chi connectivity index (χ0v) is 18.6. The van der Waals surface area contributed by atoms with E-state index in [2.05, 4.69) is 10.6 Å². The SMILES string of the molecule is O=C(COc1ccc(C=C2NC(=O)N(c3cccc(Cl)c3)C2=O)cc1Cl)Nc1ccccc1. The third kappa shape index (κ3) is 5.34. The number of para-hydroxylation sites is 1. The van der Waals surface area contributed by atoms with Gasteiger partial charge in [-0.2, -0.15) is 0 Å². The molecule has 4 rings (SSSR count). The summed E-state index contributed by atoms with van der Waals surface area (Å²) < 4.78 is 5.50. The number of benzene rings is 3. The zero-order valence-electron chi connectivity index (χ0n) is 17.0. The van der Waals surface area contributed by atoms with Crippen LogP contribution < -0.4 is 20.3 Å². The van der Waals surface area contributed by atoms with Crippen LogP contribution in [-0.2, 0) is 9.59 Å². The van der Waals surface area contributed by atoms with Crippen LogP contribution in [0.5, 0.6) is 5.75 Å². The van der Waals surface area contributed by atoms with Crippen molar-refractivity contribution in [2.24, 2.45) is 0 Å². The lowest BCUT2D eigenvalue weighted by atomic mass is 10.2. The summed E-state index contributed by atoms with van der Waals surface area (Å²) in [7, 11) is 0. The molecule has 1 aliphatic rings. The topological polar surface area (TPSA) is 87.7 Å². The van der Waals surface area contributed by atoms with Gasteiger partial charge in [-0.05, 0) is 54.1 Å². The monoisotopic (exact) mass is 481 g/mol. The van der Waals surface area contributed by atoms with Crippen LogP contribution in [0.4, 0.5) is 16.2 Å². The highest BCUT2D eigenvalue weighted by atomic mass is 35.5. The molecule has 0 bridgehead atoms. The number of carbonyl (C=O) groups is 3. The minimum absolute atomic E-state index is 0.0898. The van der Waals surface area contributed by atoms with Gasteiger partial charge in [0.15, 0.2) is 6.61 Å². The fourth-order valence-electron chi connectivity index (χ4n) is 3.14. The molecule has 33 heavy (non-hydrogen) atoms. The molecule has 1 aliphatic heterocycles. The van der Waals surface area contributed by atoms with E-state index >= 15 is 0 Å². The van der Waals surface area contributed by atoms with Crippen molar-refractivity contribution in [3.8, 4) is 5.75 Å². The summed E-state index contributed by atoms with van der Waals surface area (Å²) in [5.74, 6) is -0.538. The molecule has 0 atom stereocenters. The quantitative estimate of drug-likeness (QED) is 0.378. The van der Waals surface area contributed by atoms with Crippen LogP contribution in [-0.4, -0.2) is 24.5 Å². The van der Waals surface area contributed by atoms with Gasteiger partial charge in [-0.3, -0.25) is 9.59 Å². The second-order valence-corrected chi connectivity index (χ2v) is 7.84. The largest absolute Gasteiger partial charge is 0.482 e. The number of urea groups is 1. The summed E-state index contributed by atoms with van der Waals surface area (Å²) in [6.45, 7) is -0.224. The third-order valence-corrected chi connectivity index (χ3v) is 5.16. The summed E-state index contributed by atoms with van der Waals surface area (Å²) in [5.41, 5.74) is 1.68. The third-order valence-electron chi connectivity index (χ3n) is 4.63. The number of rotatable bonds is 6. The number of imide groups is 1. The lowest BCUT2D eigenvalue weighted by molar-refractivity contribution is -0.118. The van der Waals surface area contributed by atoms with Gasteiger partial charge in [-0.25, -0.2) is 9.69 Å². The molecule has 0 spiro atoms. The van der Waals surface area contributed by atoms with Gasteiger partial charge in [-0.1, -0.05) is 53.5 Å². The standard InChI is InChI=1S/C24H17Cl2N3O4/c25-16-5-4-8-18(13-16)29-23(31)20(28-24(29)32)12-15-9-10-21(19(26)11-15)33-14-22(30)27-17-6-2-1-3-7-17/h1-13H,14H2,(H,27,30)(H,28,32). The molecule has 166 valence electrons. The molecule has 0 radical (unpaired) electrons. The van der Waals surface area contributed by atoms with Crippen LogP contribution in [0, 0.1) is 0 Å². The van der Waals surface area contributed by atoms with Crippen molar-refractivity contribution >= 4 is 58.5 Å². The van der Waals surface area contributed by atoms with Gasteiger partial charge in [-0.15, -0.1) is 0 Å². The maximum atomic E-state index is 12.7. The highest BCUT2D eigenvalue weighted by molar-refractivity contribution is 6.33. The van der Waals surface area contributed by atoms with Gasteiger partial charge < -0.3 is 15.4 Å². The molecule has 0 aliphatic carbocycles. The fourth-order valence-corrected chi connectivity index (χ4v) is 3.57. The molecular formula is C24H17Cl2N3O4. The van der Waals surface area contributed by atoms with E-state index in [9.17, 15) is 14.4 Å². The van der Waals surface area contributed by atoms with Crippen molar-refractivity contribution in [2.75, 3.05) is 16.8 Å².